The van der Waals surface area contributed by atoms with Crippen molar-refractivity contribution >= 4 is 21.8 Å². The number of carbonyl (C=O) groups is 1. The molecule has 0 unspecified atom stereocenters. The van der Waals surface area contributed by atoms with Gasteiger partial charge in [-0.25, -0.2) is 0 Å². The van der Waals surface area contributed by atoms with Gasteiger partial charge >= 0.3 is 0 Å². The molecule has 4 heteroatoms. The first kappa shape index (κ1) is 8.33. The Morgan fingerprint density at radius 3 is 3.00 bits per heavy atom. The molecule has 0 aliphatic rings. The molecule has 1 N–H and O–H groups in total. The zero-order chi connectivity index (χ0) is 8.27. The minimum absolute atomic E-state index is 0.00176. The summed E-state index contributed by atoms with van der Waals surface area (Å²) in [5, 5.41) is 2.55. The van der Waals surface area contributed by atoms with E-state index in [4.69, 9.17) is 0 Å². The predicted molar refractivity (Wildman–Crippen MR) is 46.2 cm³/mol. The fourth-order valence-electron chi connectivity index (χ4n) is 0.755. The Kier molecular flexibility index (Phi) is 2.70. The molecule has 60 valence electrons. The summed E-state index contributed by atoms with van der Waals surface area (Å²) >= 11 is 3.31. The summed E-state index contributed by atoms with van der Waals surface area (Å²) in [5.74, 6) is 0.00176. The van der Waals surface area contributed by atoms with Crippen LogP contribution in [0.25, 0.3) is 0 Å². The highest BCUT2D eigenvalue weighted by Crippen LogP contribution is 2.09. The Balaban J connectivity index is 2.64. The lowest BCUT2D eigenvalue weighted by atomic mass is 10.6. The van der Waals surface area contributed by atoms with Crippen LogP contribution < -0.4 is 5.32 Å². The third-order valence-electron chi connectivity index (χ3n) is 1.37. The molecule has 1 rings (SSSR count). The van der Waals surface area contributed by atoms with Gasteiger partial charge in [0, 0.05) is 13.2 Å². The zero-order valence-electron chi connectivity index (χ0n) is 6.17. The molecule has 0 aliphatic carbocycles. The third kappa shape index (κ3) is 2.08. The van der Waals surface area contributed by atoms with Crippen molar-refractivity contribution in [2.24, 2.45) is 0 Å². The maximum atomic E-state index is 10.9. The van der Waals surface area contributed by atoms with Crippen molar-refractivity contribution in [3.63, 3.8) is 0 Å². The van der Waals surface area contributed by atoms with Crippen LogP contribution in [0.15, 0.2) is 22.9 Å². The number of amides is 1. The Bertz CT molecular complexity index is 257. The van der Waals surface area contributed by atoms with Crippen molar-refractivity contribution in [3.8, 4) is 0 Å². The highest BCUT2D eigenvalue weighted by molar-refractivity contribution is 9.10. The lowest BCUT2D eigenvalue weighted by Crippen LogP contribution is -2.23. The smallest absolute Gasteiger partial charge is 0.239 e. The molecule has 0 saturated carbocycles. The molecule has 1 heterocycles. The van der Waals surface area contributed by atoms with Gasteiger partial charge < -0.3 is 9.88 Å². The summed E-state index contributed by atoms with van der Waals surface area (Å²) < 4.78 is 2.74. The molecule has 0 saturated heterocycles. The maximum absolute atomic E-state index is 10.9. The quantitative estimate of drug-likeness (QED) is 0.787. The van der Waals surface area contributed by atoms with Crippen LogP contribution in [-0.2, 0) is 11.3 Å². The first-order valence-electron chi connectivity index (χ1n) is 3.25. The molecule has 0 spiro atoms. The summed E-state index contributed by atoms with van der Waals surface area (Å²) in [6.45, 7) is 0.365. The van der Waals surface area contributed by atoms with Crippen LogP contribution in [-0.4, -0.2) is 17.5 Å². The summed E-state index contributed by atoms with van der Waals surface area (Å²) in [4.78, 5) is 10.9. The van der Waals surface area contributed by atoms with E-state index in [1.807, 2.05) is 22.9 Å². The number of likely N-dealkylation sites (N-methyl/N-ethyl adjacent to an activating group) is 1. The molecule has 0 aromatic carbocycles. The number of nitrogens with one attached hydrogen (secondary N) is 1. The molecule has 1 amide bonds. The van der Waals surface area contributed by atoms with E-state index >= 15 is 0 Å². The van der Waals surface area contributed by atoms with Gasteiger partial charge in [-0.2, -0.15) is 0 Å². The Morgan fingerprint density at radius 2 is 2.55 bits per heavy atom. The van der Waals surface area contributed by atoms with Crippen LogP contribution in [0.3, 0.4) is 0 Å². The standard InChI is InChI=1S/C7H9BrN2O/c1-9-7(11)5-10-4-2-3-6(10)8/h2-4H,5H2,1H3,(H,9,11). The second kappa shape index (κ2) is 3.57. The van der Waals surface area contributed by atoms with Gasteiger partial charge in [0.05, 0.1) is 4.60 Å². The van der Waals surface area contributed by atoms with Crippen LogP contribution in [0, 0.1) is 0 Å². The molecule has 0 fully saturated rings. The van der Waals surface area contributed by atoms with Crippen molar-refractivity contribution in [2.45, 2.75) is 6.54 Å². The van der Waals surface area contributed by atoms with Crippen molar-refractivity contribution in [1.29, 1.82) is 0 Å². The lowest BCUT2D eigenvalue weighted by Gasteiger charge is -2.02. The fourth-order valence-corrected chi connectivity index (χ4v) is 1.15. The molecule has 0 atom stereocenters. The van der Waals surface area contributed by atoms with Crippen molar-refractivity contribution < 1.29 is 4.79 Å². The summed E-state index contributed by atoms with van der Waals surface area (Å²) in [5.41, 5.74) is 0. The van der Waals surface area contributed by atoms with Gasteiger partial charge in [0.15, 0.2) is 0 Å². The largest absolute Gasteiger partial charge is 0.358 e. The number of hydrogen-bond donors (Lipinski definition) is 1. The van der Waals surface area contributed by atoms with Crippen LogP contribution >= 0.6 is 15.9 Å². The Morgan fingerprint density at radius 1 is 1.82 bits per heavy atom. The normalized spacial score (nSPS) is 9.64. The van der Waals surface area contributed by atoms with Crippen LogP contribution in [0.1, 0.15) is 0 Å². The van der Waals surface area contributed by atoms with Crippen LogP contribution in [0.5, 0.6) is 0 Å². The van der Waals surface area contributed by atoms with E-state index in [0.717, 1.165) is 4.60 Å². The molecule has 0 radical (unpaired) electrons. The van der Waals surface area contributed by atoms with Crippen molar-refractivity contribution in [1.82, 2.24) is 9.88 Å². The zero-order valence-corrected chi connectivity index (χ0v) is 7.76. The van der Waals surface area contributed by atoms with E-state index in [-0.39, 0.29) is 5.91 Å². The minimum atomic E-state index is 0.00176. The molecule has 3 nitrogen and oxygen atoms in total. The fraction of sp³-hybridized carbons (Fsp3) is 0.286. The maximum Gasteiger partial charge on any atom is 0.239 e. The lowest BCUT2D eigenvalue weighted by molar-refractivity contribution is -0.121. The monoisotopic (exact) mass is 216 g/mol. The second-order valence-electron chi connectivity index (χ2n) is 2.13. The SMILES string of the molecule is CNC(=O)Cn1cccc1Br. The predicted octanol–water partition coefficient (Wildman–Crippen LogP) is 0.997. The highest BCUT2D eigenvalue weighted by Gasteiger charge is 2.00. The molecule has 1 aromatic rings. The highest BCUT2D eigenvalue weighted by atomic mass is 79.9. The third-order valence-corrected chi connectivity index (χ3v) is 2.09. The number of hydrogen-bond acceptors (Lipinski definition) is 1. The van der Waals surface area contributed by atoms with E-state index < -0.39 is 0 Å². The number of rotatable bonds is 2. The summed E-state index contributed by atoms with van der Waals surface area (Å²) in [7, 11) is 1.62. The van der Waals surface area contributed by atoms with Gasteiger partial charge in [0.2, 0.25) is 5.91 Å². The Hall–Kier alpha value is -0.770. The van der Waals surface area contributed by atoms with E-state index in [2.05, 4.69) is 21.2 Å². The first-order valence-corrected chi connectivity index (χ1v) is 4.04. The van der Waals surface area contributed by atoms with Crippen molar-refractivity contribution in [3.05, 3.63) is 22.9 Å². The van der Waals surface area contributed by atoms with E-state index in [0.29, 0.717) is 6.54 Å². The molecule has 0 bridgehead atoms. The summed E-state index contributed by atoms with van der Waals surface area (Å²) in [6.07, 6.45) is 1.85. The van der Waals surface area contributed by atoms with Crippen LogP contribution in [0.4, 0.5) is 0 Å². The van der Waals surface area contributed by atoms with E-state index in [1.54, 1.807) is 7.05 Å². The second-order valence-corrected chi connectivity index (χ2v) is 2.94. The van der Waals surface area contributed by atoms with Gasteiger partial charge in [0.25, 0.3) is 0 Å². The number of carbonyl (C=O) groups excluding carboxylic acids is 1. The van der Waals surface area contributed by atoms with Crippen LogP contribution in [0.2, 0.25) is 0 Å². The van der Waals surface area contributed by atoms with Gasteiger partial charge in [-0.1, -0.05) is 0 Å². The average Bonchev–Trinajstić information content (AvgIpc) is 2.37. The summed E-state index contributed by atoms with van der Waals surface area (Å²) in [6, 6.07) is 3.77. The van der Waals surface area contributed by atoms with Gasteiger partial charge in [-0.05, 0) is 28.1 Å². The Labute approximate surface area is 73.5 Å². The number of aromatic nitrogens is 1. The topological polar surface area (TPSA) is 34.0 Å². The van der Waals surface area contributed by atoms with E-state index in [9.17, 15) is 4.79 Å². The molecular formula is C7H9BrN2O. The molecule has 0 aliphatic heterocycles. The number of nitrogens with zero attached hydrogens (tertiary/aromatic N) is 1. The average molecular weight is 217 g/mol. The van der Waals surface area contributed by atoms with E-state index in [1.165, 1.54) is 0 Å². The molecule has 11 heavy (non-hydrogen) atoms. The number of halogens is 1. The van der Waals surface area contributed by atoms with Gasteiger partial charge in [-0.3, -0.25) is 4.79 Å². The van der Waals surface area contributed by atoms with Gasteiger partial charge in [0.1, 0.15) is 6.54 Å². The molecular weight excluding hydrogens is 208 g/mol. The first-order chi connectivity index (χ1) is 5.24. The van der Waals surface area contributed by atoms with Gasteiger partial charge in [-0.15, -0.1) is 0 Å². The minimum Gasteiger partial charge on any atom is -0.358 e. The van der Waals surface area contributed by atoms with Crippen molar-refractivity contribution in [2.75, 3.05) is 7.05 Å². The molecule has 1 aromatic heterocycles.